The summed E-state index contributed by atoms with van der Waals surface area (Å²) in [5.41, 5.74) is 6.13. The first-order chi connectivity index (χ1) is 8.50. The molecule has 2 N–H and O–H groups in total. The van der Waals surface area contributed by atoms with Crippen molar-refractivity contribution in [3.63, 3.8) is 0 Å². The zero-order valence-electron chi connectivity index (χ0n) is 12.1. The fourth-order valence-electron chi connectivity index (χ4n) is 3.57. The Morgan fingerprint density at radius 3 is 2.61 bits per heavy atom. The van der Waals surface area contributed by atoms with Crippen LogP contribution in [-0.4, -0.2) is 29.4 Å². The first-order valence-electron chi connectivity index (χ1n) is 7.56. The van der Waals surface area contributed by atoms with Gasteiger partial charge >= 0.3 is 0 Å². The van der Waals surface area contributed by atoms with Gasteiger partial charge in [-0.15, -0.1) is 0 Å². The van der Waals surface area contributed by atoms with Gasteiger partial charge in [-0.3, -0.25) is 4.79 Å². The minimum Gasteiger partial charge on any atom is -0.339 e. The molecule has 0 aromatic heterocycles. The molecule has 1 amide bonds. The lowest BCUT2D eigenvalue weighted by Crippen LogP contribution is -2.46. The number of rotatable bonds is 2. The van der Waals surface area contributed by atoms with E-state index in [0.29, 0.717) is 23.8 Å². The topological polar surface area (TPSA) is 46.3 Å². The molecule has 4 unspecified atom stereocenters. The van der Waals surface area contributed by atoms with Gasteiger partial charge in [0.05, 0.1) is 0 Å². The van der Waals surface area contributed by atoms with Crippen molar-refractivity contribution in [2.45, 2.75) is 65.0 Å². The van der Waals surface area contributed by atoms with Crippen LogP contribution in [0.5, 0.6) is 0 Å². The highest BCUT2D eigenvalue weighted by molar-refractivity contribution is 5.79. The Bertz CT molecular complexity index is 303. The summed E-state index contributed by atoms with van der Waals surface area (Å²) in [6.07, 6.45) is 5.39. The molecule has 0 aromatic rings. The molecule has 0 radical (unpaired) electrons. The molecular formula is C15H28N2O. The molecule has 18 heavy (non-hydrogen) atoms. The molecule has 1 saturated heterocycles. The van der Waals surface area contributed by atoms with Gasteiger partial charge in [0, 0.05) is 24.5 Å². The summed E-state index contributed by atoms with van der Waals surface area (Å²) in [6.45, 7) is 7.62. The Morgan fingerprint density at radius 2 is 2.00 bits per heavy atom. The van der Waals surface area contributed by atoms with Crippen molar-refractivity contribution >= 4 is 5.91 Å². The zero-order chi connectivity index (χ0) is 13.3. The molecule has 1 saturated carbocycles. The van der Waals surface area contributed by atoms with Crippen LogP contribution in [0.15, 0.2) is 0 Å². The smallest absolute Gasteiger partial charge is 0.225 e. The van der Waals surface area contributed by atoms with Gasteiger partial charge in [0.1, 0.15) is 0 Å². The summed E-state index contributed by atoms with van der Waals surface area (Å²) in [4.78, 5) is 14.8. The summed E-state index contributed by atoms with van der Waals surface area (Å²) in [5, 5.41) is 0. The number of nitrogens with zero attached hydrogens (tertiary/aromatic N) is 1. The lowest BCUT2D eigenvalue weighted by atomic mass is 9.79. The normalized spacial score (nSPS) is 37.3. The van der Waals surface area contributed by atoms with Gasteiger partial charge in [-0.05, 0) is 43.9 Å². The van der Waals surface area contributed by atoms with Gasteiger partial charge in [0.25, 0.3) is 0 Å². The molecule has 4 atom stereocenters. The van der Waals surface area contributed by atoms with E-state index in [0.717, 1.165) is 25.8 Å². The highest BCUT2D eigenvalue weighted by Gasteiger charge is 2.37. The van der Waals surface area contributed by atoms with Gasteiger partial charge < -0.3 is 10.6 Å². The lowest BCUT2D eigenvalue weighted by Gasteiger charge is -2.36. The van der Waals surface area contributed by atoms with Crippen LogP contribution < -0.4 is 5.73 Å². The van der Waals surface area contributed by atoms with Crippen LogP contribution in [0.1, 0.15) is 52.9 Å². The monoisotopic (exact) mass is 252 g/mol. The second-order valence-corrected chi connectivity index (χ2v) is 6.64. The highest BCUT2D eigenvalue weighted by atomic mass is 16.2. The van der Waals surface area contributed by atoms with Crippen LogP contribution in [0.2, 0.25) is 0 Å². The Labute approximate surface area is 111 Å². The fourth-order valence-corrected chi connectivity index (χ4v) is 3.57. The van der Waals surface area contributed by atoms with Crippen molar-refractivity contribution in [3.05, 3.63) is 0 Å². The van der Waals surface area contributed by atoms with E-state index < -0.39 is 0 Å². The van der Waals surface area contributed by atoms with Crippen LogP contribution in [0, 0.1) is 17.8 Å². The Kier molecular flexibility index (Phi) is 4.31. The number of carbonyl (C=O) groups is 1. The summed E-state index contributed by atoms with van der Waals surface area (Å²) in [5.74, 6) is 1.73. The molecule has 2 fully saturated rings. The van der Waals surface area contributed by atoms with Crippen LogP contribution in [0.4, 0.5) is 0 Å². The number of likely N-dealkylation sites (tertiary alicyclic amines) is 1. The van der Waals surface area contributed by atoms with E-state index in [9.17, 15) is 4.79 Å². The third-order valence-corrected chi connectivity index (χ3v) is 4.96. The molecule has 1 heterocycles. The molecule has 3 nitrogen and oxygen atoms in total. The maximum atomic E-state index is 12.6. The third kappa shape index (κ3) is 2.71. The van der Waals surface area contributed by atoms with Crippen LogP contribution in [0.25, 0.3) is 0 Å². The van der Waals surface area contributed by atoms with E-state index in [1.165, 1.54) is 12.8 Å². The molecule has 0 aromatic carbocycles. The van der Waals surface area contributed by atoms with E-state index in [1.54, 1.807) is 0 Å². The number of hydrogen-bond donors (Lipinski definition) is 1. The van der Waals surface area contributed by atoms with Crippen molar-refractivity contribution < 1.29 is 4.79 Å². The zero-order valence-corrected chi connectivity index (χ0v) is 12.1. The first kappa shape index (κ1) is 13.9. The predicted octanol–water partition coefficient (Wildman–Crippen LogP) is 2.40. The molecule has 3 heteroatoms. The van der Waals surface area contributed by atoms with Crippen molar-refractivity contribution in [1.82, 2.24) is 4.90 Å². The summed E-state index contributed by atoms with van der Waals surface area (Å²) in [7, 11) is 0. The molecule has 1 aliphatic heterocycles. The second kappa shape index (κ2) is 5.60. The van der Waals surface area contributed by atoms with Gasteiger partial charge in [0.2, 0.25) is 5.91 Å². The van der Waals surface area contributed by atoms with Crippen LogP contribution in [0.3, 0.4) is 0 Å². The van der Waals surface area contributed by atoms with Crippen molar-refractivity contribution in [2.75, 3.05) is 6.54 Å². The molecule has 0 spiro atoms. The van der Waals surface area contributed by atoms with E-state index >= 15 is 0 Å². The van der Waals surface area contributed by atoms with E-state index in [-0.39, 0.29) is 12.0 Å². The molecule has 0 bridgehead atoms. The highest BCUT2D eigenvalue weighted by Crippen LogP contribution is 2.32. The predicted molar refractivity (Wildman–Crippen MR) is 74.1 cm³/mol. The minimum atomic E-state index is 0.190. The number of amides is 1. The van der Waals surface area contributed by atoms with Crippen molar-refractivity contribution in [1.29, 1.82) is 0 Å². The maximum absolute atomic E-state index is 12.6. The SMILES string of the molecule is CC(C)C1CCCN1C(=O)C1CCC(C)C(N)C1. The quantitative estimate of drug-likeness (QED) is 0.820. The second-order valence-electron chi connectivity index (χ2n) is 6.64. The van der Waals surface area contributed by atoms with Crippen molar-refractivity contribution in [3.8, 4) is 0 Å². The maximum Gasteiger partial charge on any atom is 0.225 e. The Hall–Kier alpha value is -0.570. The van der Waals surface area contributed by atoms with Crippen LogP contribution in [-0.2, 0) is 4.79 Å². The lowest BCUT2D eigenvalue weighted by molar-refractivity contribution is -0.138. The van der Waals surface area contributed by atoms with Gasteiger partial charge in [-0.1, -0.05) is 20.8 Å². The summed E-state index contributed by atoms with van der Waals surface area (Å²) < 4.78 is 0. The number of hydrogen-bond acceptors (Lipinski definition) is 2. The summed E-state index contributed by atoms with van der Waals surface area (Å²) in [6, 6.07) is 0.681. The van der Waals surface area contributed by atoms with E-state index in [2.05, 4.69) is 25.7 Å². The molecular weight excluding hydrogens is 224 g/mol. The molecule has 104 valence electrons. The van der Waals surface area contributed by atoms with Gasteiger partial charge in [-0.25, -0.2) is 0 Å². The summed E-state index contributed by atoms with van der Waals surface area (Å²) >= 11 is 0. The molecule has 2 rings (SSSR count). The average molecular weight is 252 g/mol. The average Bonchev–Trinajstić information content (AvgIpc) is 2.81. The third-order valence-electron chi connectivity index (χ3n) is 4.96. The Balaban J connectivity index is 1.98. The van der Waals surface area contributed by atoms with E-state index in [4.69, 9.17) is 5.73 Å². The van der Waals surface area contributed by atoms with Gasteiger partial charge in [0.15, 0.2) is 0 Å². The fraction of sp³-hybridized carbons (Fsp3) is 0.933. The largest absolute Gasteiger partial charge is 0.339 e. The molecule has 2 aliphatic rings. The van der Waals surface area contributed by atoms with Gasteiger partial charge in [-0.2, -0.15) is 0 Å². The minimum absolute atomic E-state index is 0.190. The Morgan fingerprint density at radius 1 is 1.28 bits per heavy atom. The number of nitrogens with two attached hydrogens (primary N) is 1. The first-order valence-corrected chi connectivity index (χ1v) is 7.56. The van der Waals surface area contributed by atoms with E-state index in [1.807, 2.05) is 0 Å². The van der Waals surface area contributed by atoms with Crippen molar-refractivity contribution in [2.24, 2.45) is 23.5 Å². The van der Waals surface area contributed by atoms with Crippen LogP contribution >= 0.6 is 0 Å². The number of carbonyl (C=O) groups excluding carboxylic acids is 1. The molecule has 1 aliphatic carbocycles. The standard InChI is InChI=1S/C15H28N2O/c1-10(2)14-5-4-8-17(14)15(18)12-7-6-11(3)13(16)9-12/h10-14H,4-9,16H2,1-3H3.